The monoisotopic (exact) mass is 242 g/mol. The first-order chi connectivity index (χ1) is 8.92. The van der Waals surface area contributed by atoms with Crippen LogP contribution in [0.15, 0.2) is 41.1 Å². The molecule has 0 saturated carbocycles. The van der Waals surface area contributed by atoms with Gasteiger partial charge in [-0.2, -0.15) is 0 Å². The third kappa shape index (κ3) is 2.62. The topological polar surface area (TPSA) is 38.1 Å². The van der Waals surface area contributed by atoms with Crippen LogP contribution in [0.3, 0.4) is 0 Å². The minimum atomic E-state index is 0.698. The minimum Gasteiger partial charge on any atom is -0.445 e. The second kappa shape index (κ2) is 5.36. The van der Waals surface area contributed by atoms with Gasteiger partial charge in [-0.05, 0) is 56.0 Å². The van der Waals surface area contributed by atoms with Crippen molar-refractivity contribution in [1.29, 1.82) is 0 Å². The molecule has 1 aliphatic rings. The highest BCUT2D eigenvalue weighted by Crippen LogP contribution is 2.21. The summed E-state index contributed by atoms with van der Waals surface area (Å²) in [6, 6.07) is 8.59. The molecular weight excluding hydrogens is 224 g/mol. The van der Waals surface area contributed by atoms with E-state index < -0.39 is 0 Å². The van der Waals surface area contributed by atoms with Crippen LogP contribution in [-0.4, -0.2) is 18.1 Å². The van der Waals surface area contributed by atoms with Crippen LogP contribution in [0.25, 0.3) is 11.5 Å². The first-order valence-electron chi connectivity index (χ1n) is 6.61. The highest BCUT2D eigenvalue weighted by molar-refractivity contribution is 5.53. The molecule has 0 bridgehead atoms. The van der Waals surface area contributed by atoms with E-state index in [0.717, 1.165) is 11.5 Å². The second-order valence-corrected chi connectivity index (χ2v) is 4.93. The fourth-order valence-electron chi connectivity index (χ4n) is 2.57. The summed E-state index contributed by atoms with van der Waals surface area (Å²) in [5.41, 5.74) is 2.46. The fourth-order valence-corrected chi connectivity index (χ4v) is 2.57. The van der Waals surface area contributed by atoms with Gasteiger partial charge in [0.1, 0.15) is 6.26 Å². The summed E-state index contributed by atoms with van der Waals surface area (Å²) >= 11 is 0. The second-order valence-electron chi connectivity index (χ2n) is 4.93. The average Bonchev–Trinajstić information content (AvgIpc) is 2.95. The van der Waals surface area contributed by atoms with Crippen LogP contribution in [-0.2, 0) is 6.42 Å². The Morgan fingerprint density at radius 3 is 2.61 bits per heavy atom. The largest absolute Gasteiger partial charge is 0.445 e. The summed E-state index contributed by atoms with van der Waals surface area (Å²) < 4.78 is 5.29. The van der Waals surface area contributed by atoms with Gasteiger partial charge in [-0.1, -0.05) is 12.1 Å². The predicted molar refractivity (Wildman–Crippen MR) is 71.2 cm³/mol. The molecule has 0 radical (unpaired) electrons. The first kappa shape index (κ1) is 11.5. The number of benzene rings is 1. The molecule has 0 aliphatic carbocycles. The Morgan fingerprint density at radius 1 is 1.17 bits per heavy atom. The summed E-state index contributed by atoms with van der Waals surface area (Å²) in [7, 11) is 0. The number of oxazole rings is 1. The standard InChI is InChI=1S/C15H18N2O/c1-3-14(15-17-9-10-18-15)4-2-12(1)11-13-5-7-16-8-6-13/h1-4,9-10,13,16H,5-8,11H2. The molecule has 1 fully saturated rings. The number of hydrogen-bond acceptors (Lipinski definition) is 3. The molecule has 1 aromatic carbocycles. The van der Waals surface area contributed by atoms with E-state index in [1.165, 1.54) is 37.9 Å². The van der Waals surface area contributed by atoms with Gasteiger partial charge in [-0.3, -0.25) is 0 Å². The van der Waals surface area contributed by atoms with Gasteiger partial charge in [-0.15, -0.1) is 0 Å². The van der Waals surface area contributed by atoms with Crippen LogP contribution in [0.1, 0.15) is 18.4 Å². The van der Waals surface area contributed by atoms with E-state index in [4.69, 9.17) is 4.42 Å². The quantitative estimate of drug-likeness (QED) is 0.899. The molecule has 0 spiro atoms. The average molecular weight is 242 g/mol. The molecule has 1 aromatic heterocycles. The Bertz CT molecular complexity index is 470. The number of nitrogens with zero attached hydrogens (tertiary/aromatic N) is 1. The fraction of sp³-hybridized carbons (Fsp3) is 0.400. The van der Waals surface area contributed by atoms with Crippen molar-refractivity contribution in [1.82, 2.24) is 10.3 Å². The van der Waals surface area contributed by atoms with Crippen LogP contribution in [0, 0.1) is 5.92 Å². The molecule has 18 heavy (non-hydrogen) atoms. The summed E-state index contributed by atoms with van der Waals surface area (Å²) in [6.45, 7) is 2.33. The highest BCUT2D eigenvalue weighted by Gasteiger charge is 2.13. The van der Waals surface area contributed by atoms with Gasteiger partial charge in [-0.25, -0.2) is 4.98 Å². The van der Waals surface area contributed by atoms with Crippen molar-refractivity contribution >= 4 is 0 Å². The van der Waals surface area contributed by atoms with Gasteiger partial charge in [0.05, 0.1) is 6.20 Å². The van der Waals surface area contributed by atoms with Gasteiger partial charge >= 0.3 is 0 Å². The Kier molecular flexibility index (Phi) is 3.42. The van der Waals surface area contributed by atoms with Crippen molar-refractivity contribution in [3.8, 4) is 11.5 Å². The zero-order valence-corrected chi connectivity index (χ0v) is 10.4. The summed E-state index contributed by atoms with van der Waals surface area (Å²) in [5, 5.41) is 3.41. The van der Waals surface area contributed by atoms with E-state index in [-0.39, 0.29) is 0 Å². The van der Waals surface area contributed by atoms with E-state index >= 15 is 0 Å². The number of rotatable bonds is 3. The third-order valence-corrected chi connectivity index (χ3v) is 3.62. The van der Waals surface area contributed by atoms with Gasteiger partial charge in [0.15, 0.2) is 0 Å². The molecule has 1 saturated heterocycles. The lowest BCUT2D eigenvalue weighted by molar-refractivity contribution is 0.372. The molecule has 3 rings (SSSR count). The van der Waals surface area contributed by atoms with E-state index in [0.29, 0.717) is 5.89 Å². The van der Waals surface area contributed by atoms with Crippen molar-refractivity contribution in [2.45, 2.75) is 19.3 Å². The van der Waals surface area contributed by atoms with Gasteiger partial charge < -0.3 is 9.73 Å². The van der Waals surface area contributed by atoms with Crippen LogP contribution in [0.2, 0.25) is 0 Å². The molecule has 0 atom stereocenters. The molecule has 2 heterocycles. The summed E-state index contributed by atoms with van der Waals surface area (Å²) in [6.07, 6.45) is 7.06. The SMILES string of the molecule is c1coc(-c2ccc(CC3CCNCC3)cc2)n1. The number of aromatic nitrogens is 1. The minimum absolute atomic E-state index is 0.698. The van der Waals surface area contributed by atoms with E-state index in [9.17, 15) is 0 Å². The molecular formula is C15H18N2O. The number of hydrogen-bond donors (Lipinski definition) is 1. The van der Waals surface area contributed by atoms with Gasteiger partial charge in [0.2, 0.25) is 5.89 Å². The smallest absolute Gasteiger partial charge is 0.225 e. The zero-order valence-electron chi connectivity index (χ0n) is 10.4. The van der Waals surface area contributed by atoms with Crippen molar-refractivity contribution in [2.24, 2.45) is 5.92 Å². The maximum absolute atomic E-state index is 5.29. The van der Waals surface area contributed by atoms with Crippen LogP contribution < -0.4 is 5.32 Å². The molecule has 2 aromatic rings. The molecule has 3 heteroatoms. The predicted octanol–water partition coefficient (Wildman–Crippen LogP) is 2.88. The Labute approximate surface area is 107 Å². The lowest BCUT2D eigenvalue weighted by Gasteiger charge is -2.22. The number of nitrogens with one attached hydrogen (secondary N) is 1. The first-order valence-corrected chi connectivity index (χ1v) is 6.61. The van der Waals surface area contributed by atoms with E-state index in [2.05, 4.69) is 34.6 Å². The maximum Gasteiger partial charge on any atom is 0.225 e. The van der Waals surface area contributed by atoms with Crippen LogP contribution in [0.4, 0.5) is 0 Å². The molecule has 0 unspecified atom stereocenters. The molecule has 1 aliphatic heterocycles. The summed E-state index contributed by atoms with van der Waals surface area (Å²) in [5.74, 6) is 1.53. The van der Waals surface area contributed by atoms with E-state index in [1.807, 2.05) is 0 Å². The van der Waals surface area contributed by atoms with Gasteiger partial charge in [0.25, 0.3) is 0 Å². The number of piperidine rings is 1. The highest BCUT2D eigenvalue weighted by atomic mass is 16.3. The maximum atomic E-state index is 5.29. The van der Waals surface area contributed by atoms with Crippen LogP contribution >= 0.6 is 0 Å². The lowest BCUT2D eigenvalue weighted by Crippen LogP contribution is -2.28. The van der Waals surface area contributed by atoms with E-state index in [1.54, 1.807) is 12.5 Å². The molecule has 0 amide bonds. The van der Waals surface area contributed by atoms with Crippen molar-refractivity contribution in [3.05, 3.63) is 42.3 Å². The Balaban J connectivity index is 1.67. The van der Waals surface area contributed by atoms with Crippen molar-refractivity contribution in [2.75, 3.05) is 13.1 Å². The Hall–Kier alpha value is -1.61. The zero-order chi connectivity index (χ0) is 12.2. The molecule has 1 N–H and O–H groups in total. The third-order valence-electron chi connectivity index (χ3n) is 3.62. The Morgan fingerprint density at radius 2 is 1.94 bits per heavy atom. The molecule has 94 valence electrons. The summed E-state index contributed by atoms with van der Waals surface area (Å²) in [4.78, 5) is 4.16. The van der Waals surface area contributed by atoms with Gasteiger partial charge in [0, 0.05) is 5.56 Å². The molecule has 3 nitrogen and oxygen atoms in total. The van der Waals surface area contributed by atoms with Crippen molar-refractivity contribution < 1.29 is 4.42 Å². The normalized spacial score (nSPS) is 16.9. The lowest BCUT2D eigenvalue weighted by atomic mass is 9.91. The van der Waals surface area contributed by atoms with Crippen molar-refractivity contribution in [3.63, 3.8) is 0 Å². The van der Waals surface area contributed by atoms with Crippen LogP contribution in [0.5, 0.6) is 0 Å².